The number of pyridine rings is 1. The maximum atomic E-state index is 11.2. The first-order valence-electron chi connectivity index (χ1n) is 6.92. The largest absolute Gasteiger partial charge is 0.478 e. The van der Waals surface area contributed by atoms with Gasteiger partial charge in [-0.15, -0.1) is 0 Å². The number of aromatic carboxylic acids is 1. The van der Waals surface area contributed by atoms with Crippen LogP contribution in [0.25, 0.3) is 0 Å². The van der Waals surface area contributed by atoms with E-state index in [1.165, 1.54) is 6.07 Å². The standard InChI is InChI=1S/C15H22N2O3/c1-14(2,3)11-7-10(13(18)19)8-12(17-11)16-9-15(20)5-4-6-15/h7-8,20H,4-6,9H2,1-3H3,(H,16,17)(H,18,19). The molecule has 0 radical (unpaired) electrons. The van der Waals surface area contributed by atoms with Crippen LogP contribution in [0.3, 0.4) is 0 Å². The van der Waals surface area contributed by atoms with Crippen molar-refractivity contribution in [1.82, 2.24) is 4.98 Å². The van der Waals surface area contributed by atoms with Crippen molar-refractivity contribution >= 4 is 11.8 Å². The molecule has 0 aliphatic heterocycles. The molecule has 110 valence electrons. The van der Waals surface area contributed by atoms with Crippen molar-refractivity contribution in [2.75, 3.05) is 11.9 Å². The Morgan fingerprint density at radius 3 is 2.50 bits per heavy atom. The van der Waals surface area contributed by atoms with Gasteiger partial charge in [0.15, 0.2) is 0 Å². The van der Waals surface area contributed by atoms with Gasteiger partial charge in [0.05, 0.1) is 11.2 Å². The van der Waals surface area contributed by atoms with Gasteiger partial charge in [-0.2, -0.15) is 0 Å². The monoisotopic (exact) mass is 278 g/mol. The van der Waals surface area contributed by atoms with Crippen molar-refractivity contribution < 1.29 is 15.0 Å². The topological polar surface area (TPSA) is 82.5 Å². The number of carboxylic acid groups (broad SMARTS) is 1. The van der Waals surface area contributed by atoms with Crippen molar-refractivity contribution in [2.24, 2.45) is 0 Å². The third-order valence-corrected chi connectivity index (χ3v) is 3.72. The second-order valence-corrected chi connectivity index (χ2v) is 6.61. The molecule has 1 aromatic rings. The Bertz CT molecular complexity index is 516. The fourth-order valence-electron chi connectivity index (χ4n) is 2.15. The van der Waals surface area contributed by atoms with Crippen molar-refractivity contribution in [3.8, 4) is 0 Å². The molecule has 1 fully saturated rings. The Balaban J connectivity index is 2.22. The van der Waals surface area contributed by atoms with Crippen LogP contribution in [0.2, 0.25) is 0 Å². The Morgan fingerprint density at radius 2 is 2.05 bits per heavy atom. The van der Waals surface area contributed by atoms with Gasteiger partial charge < -0.3 is 15.5 Å². The second-order valence-electron chi connectivity index (χ2n) is 6.61. The van der Waals surface area contributed by atoms with Crippen LogP contribution in [0.4, 0.5) is 5.82 Å². The first-order valence-corrected chi connectivity index (χ1v) is 6.92. The third-order valence-electron chi connectivity index (χ3n) is 3.72. The highest BCUT2D eigenvalue weighted by Gasteiger charge is 2.34. The normalized spacial score (nSPS) is 17.4. The molecule has 0 aromatic carbocycles. The number of hydrogen-bond donors (Lipinski definition) is 3. The average Bonchev–Trinajstić information content (AvgIpc) is 2.32. The minimum absolute atomic E-state index is 0.216. The number of aromatic nitrogens is 1. The van der Waals surface area contributed by atoms with Crippen LogP contribution in [0.1, 0.15) is 56.1 Å². The molecule has 1 saturated carbocycles. The van der Waals surface area contributed by atoms with Gasteiger partial charge in [-0.3, -0.25) is 0 Å². The highest BCUT2D eigenvalue weighted by Crippen LogP contribution is 2.32. The van der Waals surface area contributed by atoms with Gasteiger partial charge in [-0.25, -0.2) is 9.78 Å². The smallest absolute Gasteiger partial charge is 0.335 e. The molecule has 0 unspecified atom stereocenters. The molecule has 1 aliphatic rings. The van der Waals surface area contributed by atoms with E-state index >= 15 is 0 Å². The molecular weight excluding hydrogens is 256 g/mol. The van der Waals surface area contributed by atoms with E-state index in [9.17, 15) is 15.0 Å². The molecule has 5 nitrogen and oxygen atoms in total. The quantitative estimate of drug-likeness (QED) is 0.788. The summed E-state index contributed by atoms with van der Waals surface area (Å²) in [5, 5.41) is 22.3. The fourth-order valence-corrected chi connectivity index (χ4v) is 2.15. The molecule has 0 atom stereocenters. The van der Waals surface area contributed by atoms with Gasteiger partial charge >= 0.3 is 5.97 Å². The lowest BCUT2D eigenvalue weighted by molar-refractivity contribution is -0.0202. The Morgan fingerprint density at radius 1 is 1.40 bits per heavy atom. The summed E-state index contributed by atoms with van der Waals surface area (Å²) in [4.78, 5) is 15.7. The lowest BCUT2D eigenvalue weighted by atomic mass is 9.80. The van der Waals surface area contributed by atoms with E-state index < -0.39 is 11.6 Å². The SMILES string of the molecule is CC(C)(C)c1cc(C(=O)O)cc(NCC2(O)CCC2)n1. The van der Waals surface area contributed by atoms with Crippen LogP contribution in [0.5, 0.6) is 0 Å². The van der Waals surface area contributed by atoms with Gasteiger partial charge in [-0.05, 0) is 31.4 Å². The highest BCUT2D eigenvalue weighted by molar-refractivity contribution is 5.88. The first kappa shape index (κ1) is 14.8. The zero-order chi connectivity index (χ0) is 15.0. The summed E-state index contributed by atoms with van der Waals surface area (Å²) in [7, 11) is 0. The Labute approximate surface area is 119 Å². The number of aliphatic hydroxyl groups is 1. The van der Waals surface area contributed by atoms with Crippen molar-refractivity contribution in [3.05, 3.63) is 23.4 Å². The Hall–Kier alpha value is -1.62. The summed E-state index contributed by atoms with van der Waals surface area (Å²) in [5.41, 5.74) is 0.0476. The molecule has 0 saturated heterocycles. The van der Waals surface area contributed by atoms with Crippen LogP contribution in [0, 0.1) is 0 Å². The molecular formula is C15H22N2O3. The lowest BCUT2D eigenvalue weighted by Gasteiger charge is -2.36. The first-order chi connectivity index (χ1) is 9.20. The van der Waals surface area contributed by atoms with E-state index in [4.69, 9.17) is 0 Å². The van der Waals surface area contributed by atoms with E-state index in [-0.39, 0.29) is 11.0 Å². The maximum absolute atomic E-state index is 11.2. The third kappa shape index (κ3) is 3.28. The van der Waals surface area contributed by atoms with Gasteiger partial charge in [0.2, 0.25) is 0 Å². The summed E-state index contributed by atoms with van der Waals surface area (Å²) in [6, 6.07) is 3.12. The number of carboxylic acids is 1. The van der Waals surface area contributed by atoms with Gasteiger partial charge in [0, 0.05) is 17.7 Å². The van der Waals surface area contributed by atoms with E-state index in [0.717, 1.165) is 25.0 Å². The molecule has 3 N–H and O–H groups in total. The average molecular weight is 278 g/mol. The minimum atomic E-state index is -0.969. The maximum Gasteiger partial charge on any atom is 0.335 e. The number of rotatable bonds is 4. The predicted octanol–water partition coefficient (Wildman–Crippen LogP) is 2.40. The number of hydrogen-bond acceptors (Lipinski definition) is 4. The molecule has 0 spiro atoms. The molecule has 2 rings (SSSR count). The van der Waals surface area contributed by atoms with Gasteiger partial charge in [0.25, 0.3) is 0 Å². The van der Waals surface area contributed by atoms with Gasteiger partial charge in [-0.1, -0.05) is 20.8 Å². The summed E-state index contributed by atoms with van der Waals surface area (Å²) in [6.45, 7) is 6.38. The fraction of sp³-hybridized carbons (Fsp3) is 0.600. The van der Waals surface area contributed by atoms with E-state index in [1.807, 2.05) is 20.8 Å². The van der Waals surface area contributed by atoms with Crippen molar-refractivity contribution in [3.63, 3.8) is 0 Å². The summed E-state index contributed by atoms with van der Waals surface area (Å²) < 4.78 is 0. The number of nitrogens with one attached hydrogen (secondary N) is 1. The molecule has 0 amide bonds. The second kappa shape index (κ2) is 5.05. The highest BCUT2D eigenvalue weighted by atomic mass is 16.4. The molecule has 0 bridgehead atoms. The molecule has 1 aliphatic carbocycles. The van der Waals surface area contributed by atoms with Crippen LogP contribution in [0.15, 0.2) is 12.1 Å². The van der Waals surface area contributed by atoms with E-state index in [1.54, 1.807) is 6.07 Å². The predicted molar refractivity (Wildman–Crippen MR) is 77.2 cm³/mol. The van der Waals surface area contributed by atoms with Crippen LogP contribution < -0.4 is 5.32 Å². The van der Waals surface area contributed by atoms with E-state index in [2.05, 4.69) is 10.3 Å². The molecule has 20 heavy (non-hydrogen) atoms. The summed E-state index contributed by atoms with van der Waals surface area (Å²) >= 11 is 0. The summed E-state index contributed by atoms with van der Waals surface area (Å²) in [6.07, 6.45) is 2.60. The zero-order valence-electron chi connectivity index (χ0n) is 12.2. The van der Waals surface area contributed by atoms with Crippen molar-refractivity contribution in [2.45, 2.75) is 51.0 Å². The van der Waals surface area contributed by atoms with Crippen LogP contribution in [-0.4, -0.2) is 33.3 Å². The molecule has 1 aromatic heterocycles. The van der Waals surface area contributed by atoms with E-state index in [0.29, 0.717) is 12.4 Å². The summed E-state index contributed by atoms with van der Waals surface area (Å²) in [5.74, 6) is -0.460. The van der Waals surface area contributed by atoms with Gasteiger partial charge in [0.1, 0.15) is 5.82 Å². The molecule has 5 heteroatoms. The minimum Gasteiger partial charge on any atom is -0.478 e. The van der Waals surface area contributed by atoms with Crippen LogP contribution in [-0.2, 0) is 5.41 Å². The lowest BCUT2D eigenvalue weighted by Crippen LogP contribution is -2.43. The number of carbonyl (C=O) groups is 1. The van der Waals surface area contributed by atoms with Crippen molar-refractivity contribution in [1.29, 1.82) is 0 Å². The molecule has 1 heterocycles. The Kier molecular flexibility index (Phi) is 3.73. The number of anilines is 1. The van der Waals surface area contributed by atoms with Crippen LogP contribution >= 0.6 is 0 Å². The zero-order valence-corrected chi connectivity index (χ0v) is 12.2. The number of nitrogens with zero attached hydrogens (tertiary/aromatic N) is 1.